The van der Waals surface area contributed by atoms with Gasteiger partial charge in [0, 0.05) is 12.0 Å². The molecule has 134 valence electrons. The summed E-state index contributed by atoms with van der Waals surface area (Å²) in [5.41, 5.74) is 4.70. The number of benzene rings is 2. The van der Waals surface area contributed by atoms with Crippen LogP contribution in [0.3, 0.4) is 0 Å². The molecule has 0 bridgehead atoms. The number of aryl methyl sites for hydroxylation is 2. The summed E-state index contributed by atoms with van der Waals surface area (Å²) in [6.07, 6.45) is 1.15. The molecule has 26 heavy (non-hydrogen) atoms. The van der Waals surface area contributed by atoms with Crippen LogP contribution in [0.25, 0.3) is 10.6 Å². The molecule has 0 spiro atoms. The van der Waals surface area contributed by atoms with Gasteiger partial charge in [0.2, 0.25) is 11.0 Å². The predicted molar refractivity (Wildman–Crippen MR) is 108 cm³/mol. The first-order chi connectivity index (χ1) is 12.5. The van der Waals surface area contributed by atoms with Crippen molar-refractivity contribution in [1.82, 2.24) is 10.2 Å². The minimum absolute atomic E-state index is 0.0375. The monoisotopic (exact) mass is 365 g/mol. The number of rotatable bonds is 6. The van der Waals surface area contributed by atoms with Gasteiger partial charge in [0.05, 0.1) is 0 Å². The average molecular weight is 366 g/mol. The lowest BCUT2D eigenvalue weighted by molar-refractivity contribution is -0.116. The van der Waals surface area contributed by atoms with Gasteiger partial charge in [-0.1, -0.05) is 79.3 Å². The second-order valence-electron chi connectivity index (χ2n) is 6.72. The molecule has 0 unspecified atom stereocenters. The molecule has 3 rings (SSSR count). The zero-order chi connectivity index (χ0) is 18.5. The molecule has 4 nitrogen and oxygen atoms in total. The molecule has 0 aliphatic carbocycles. The summed E-state index contributed by atoms with van der Waals surface area (Å²) in [6.45, 7) is 6.40. The van der Waals surface area contributed by atoms with Crippen LogP contribution in [0.2, 0.25) is 0 Å². The van der Waals surface area contributed by atoms with Gasteiger partial charge in [0.25, 0.3) is 0 Å². The van der Waals surface area contributed by atoms with E-state index in [1.807, 2.05) is 31.2 Å². The van der Waals surface area contributed by atoms with Gasteiger partial charge in [0.15, 0.2) is 0 Å². The van der Waals surface area contributed by atoms with Crippen molar-refractivity contribution in [2.45, 2.75) is 39.5 Å². The Bertz CT molecular complexity index is 867. The minimum Gasteiger partial charge on any atom is -0.301 e. The fraction of sp³-hybridized carbons (Fsp3) is 0.286. The lowest BCUT2D eigenvalue weighted by Crippen LogP contribution is -2.12. The fourth-order valence-corrected chi connectivity index (χ4v) is 3.36. The highest BCUT2D eigenvalue weighted by atomic mass is 32.1. The highest BCUT2D eigenvalue weighted by molar-refractivity contribution is 7.18. The second kappa shape index (κ2) is 8.23. The van der Waals surface area contributed by atoms with E-state index in [0.29, 0.717) is 23.9 Å². The predicted octanol–water partition coefficient (Wildman–Crippen LogP) is 5.21. The zero-order valence-corrected chi connectivity index (χ0v) is 16.1. The third-order valence-electron chi connectivity index (χ3n) is 4.26. The van der Waals surface area contributed by atoms with Gasteiger partial charge in [-0.05, 0) is 30.4 Å². The smallest absolute Gasteiger partial charge is 0.226 e. The van der Waals surface area contributed by atoms with Crippen LogP contribution in [0.4, 0.5) is 5.13 Å². The number of nitrogens with one attached hydrogen (secondary N) is 1. The van der Waals surface area contributed by atoms with E-state index in [1.54, 1.807) is 0 Å². The molecule has 2 aromatic carbocycles. The Morgan fingerprint density at radius 3 is 2.38 bits per heavy atom. The molecule has 0 aliphatic rings. The van der Waals surface area contributed by atoms with Gasteiger partial charge in [-0.25, -0.2) is 0 Å². The zero-order valence-electron chi connectivity index (χ0n) is 15.3. The van der Waals surface area contributed by atoms with Crippen LogP contribution in [0.15, 0.2) is 48.5 Å². The summed E-state index contributed by atoms with van der Waals surface area (Å²) in [5, 5.41) is 12.4. The Balaban J connectivity index is 1.54. The van der Waals surface area contributed by atoms with Crippen LogP contribution in [-0.4, -0.2) is 16.1 Å². The highest BCUT2D eigenvalue weighted by Crippen LogP contribution is 2.26. The molecule has 5 heteroatoms. The minimum atomic E-state index is -0.0375. The molecule has 0 saturated heterocycles. The summed E-state index contributed by atoms with van der Waals surface area (Å²) >= 11 is 1.39. The van der Waals surface area contributed by atoms with Crippen LogP contribution in [0, 0.1) is 6.92 Å². The number of hydrogen-bond donors (Lipinski definition) is 1. The molecule has 0 aliphatic heterocycles. The molecular weight excluding hydrogens is 342 g/mol. The van der Waals surface area contributed by atoms with Gasteiger partial charge in [0.1, 0.15) is 5.01 Å². The molecule has 1 aromatic heterocycles. The summed E-state index contributed by atoms with van der Waals surface area (Å²) < 4.78 is 0. The lowest BCUT2D eigenvalue weighted by Gasteiger charge is -2.06. The van der Waals surface area contributed by atoms with Crippen LogP contribution < -0.4 is 5.32 Å². The third-order valence-corrected chi connectivity index (χ3v) is 5.14. The van der Waals surface area contributed by atoms with Gasteiger partial charge in [-0.2, -0.15) is 0 Å². The Morgan fingerprint density at radius 2 is 1.73 bits per heavy atom. The summed E-state index contributed by atoms with van der Waals surface area (Å²) in [6, 6.07) is 16.6. The molecule has 0 atom stereocenters. The van der Waals surface area contributed by atoms with E-state index in [-0.39, 0.29) is 5.91 Å². The number of hydrogen-bond acceptors (Lipinski definition) is 4. The second-order valence-corrected chi connectivity index (χ2v) is 7.70. The summed E-state index contributed by atoms with van der Waals surface area (Å²) in [5.74, 6) is 0.483. The first kappa shape index (κ1) is 18.3. The van der Waals surface area contributed by atoms with Crippen molar-refractivity contribution in [3.05, 3.63) is 65.2 Å². The first-order valence-electron chi connectivity index (χ1n) is 8.80. The molecule has 1 N–H and O–H groups in total. The standard InChI is InChI=1S/C21H23N3OS/c1-14(2)17-11-6-16(7-12-17)8-13-19(25)22-21-24-23-20(26-21)18-9-4-15(3)5-10-18/h4-7,9-12,14H,8,13H2,1-3H3,(H,22,24,25). The molecular formula is C21H23N3OS. The highest BCUT2D eigenvalue weighted by Gasteiger charge is 2.10. The van der Waals surface area contributed by atoms with E-state index < -0.39 is 0 Å². The van der Waals surface area contributed by atoms with E-state index in [2.05, 4.69) is 53.6 Å². The van der Waals surface area contributed by atoms with E-state index >= 15 is 0 Å². The number of carbonyl (C=O) groups is 1. The largest absolute Gasteiger partial charge is 0.301 e. The van der Waals surface area contributed by atoms with Gasteiger partial charge < -0.3 is 5.32 Å². The van der Waals surface area contributed by atoms with Crippen molar-refractivity contribution in [1.29, 1.82) is 0 Å². The Hall–Kier alpha value is -2.53. The maximum Gasteiger partial charge on any atom is 0.226 e. The fourth-order valence-electron chi connectivity index (χ4n) is 2.60. The number of anilines is 1. The number of aromatic nitrogens is 2. The molecule has 1 amide bonds. The van der Waals surface area contributed by atoms with Gasteiger partial charge in [-0.15, -0.1) is 10.2 Å². The van der Waals surface area contributed by atoms with Crippen LogP contribution >= 0.6 is 11.3 Å². The topological polar surface area (TPSA) is 54.9 Å². The Morgan fingerprint density at radius 1 is 1.04 bits per heavy atom. The van der Waals surface area contributed by atoms with E-state index in [1.165, 1.54) is 28.0 Å². The van der Waals surface area contributed by atoms with E-state index in [4.69, 9.17) is 0 Å². The molecule has 0 radical (unpaired) electrons. The van der Waals surface area contributed by atoms with Crippen LogP contribution in [0.5, 0.6) is 0 Å². The number of carbonyl (C=O) groups excluding carboxylic acids is 1. The third kappa shape index (κ3) is 4.76. The van der Waals surface area contributed by atoms with E-state index in [0.717, 1.165) is 10.6 Å². The van der Waals surface area contributed by atoms with Crippen molar-refractivity contribution in [2.24, 2.45) is 0 Å². The van der Waals surface area contributed by atoms with Crippen molar-refractivity contribution in [3.63, 3.8) is 0 Å². The lowest BCUT2D eigenvalue weighted by atomic mass is 10.0. The summed E-state index contributed by atoms with van der Waals surface area (Å²) in [4.78, 5) is 12.2. The van der Waals surface area contributed by atoms with Crippen molar-refractivity contribution in [3.8, 4) is 10.6 Å². The van der Waals surface area contributed by atoms with Gasteiger partial charge >= 0.3 is 0 Å². The van der Waals surface area contributed by atoms with Crippen molar-refractivity contribution < 1.29 is 4.79 Å². The molecule has 0 fully saturated rings. The van der Waals surface area contributed by atoms with Crippen molar-refractivity contribution in [2.75, 3.05) is 5.32 Å². The molecule has 1 heterocycles. The van der Waals surface area contributed by atoms with E-state index in [9.17, 15) is 4.79 Å². The molecule has 3 aromatic rings. The van der Waals surface area contributed by atoms with Crippen LogP contribution in [-0.2, 0) is 11.2 Å². The average Bonchev–Trinajstić information content (AvgIpc) is 3.09. The number of amides is 1. The maximum absolute atomic E-state index is 12.2. The Labute approximate surface area is 158 Å². The van der Waals surface area contributed by atoms with Gasteiger partial charge in [-0.3, -0.25) is 4.79 Å². The quantitative estimate of drug-likeness (QED) is 0.652. The Kier molecular flexibility index (Phi) is 5.78. The van der Waals surface area contributed by atoms with Crippen molar-refractivity contribution >= 4 is 22.4 Å². The normalized spacial score (nSPS) is 10.9. The van der Waals surface area contributed by atoms with Crippen LogP contribution in [0.1, 0.15) is 42.9 Å². The first-order valence-corrected chi connectivity index (χ1v) is 9.62. The summed E-state index contributed by atoms with van der Waals surface area (Å²) in [7, 11) is 0. The maximum atomic E-state index is 12.2. The number of nitrogens with zero attached hydrogens (tertiary/aromatic N) is 2. The molecule has 0 saturated carbocycles. The SMILES string of the molecule is Cc1ccc(-c2nnc(NC(=O)CCc3ccc(C(C)C)cc3)s2)cc1.